The van der Waals surface area contributed by atoms with Gasteiger partial charge in [0.15, 0.2) is 11.5 Å². The summed E-state index contributed by atoms with van der Waals surface area (Å²) in [5.41, 5.74) is 6.35. The summed E-state index contributed by atoms with van der Waals surface area (Å²) >= 11 is 3.49. The highest BCUT2D eigenvalue weighted by Crippen LogP contribution is 2.35. The number of aromatic nitrogens is 2. The van der Waals surface area contributed by atoms with Gasteiger partial charge in [0.2, 0.25) is 11.5 Å². The number of nitrogens with two attached hydrogens (primary N) is 1. The second-order valence-corrected chi connectivity index (χ2v) is 5.55. The van der Waals surface area contributed by atoms with Crippen molar-refractivity contribution >= 4 is 27.7 Å². The average Bonchev–Trinajstić information content (AvgIpc) is 3.01. The minimum atomic E-state index is -0.435. The molecule has 0 aliphatic rings. The van der Waals surface area contributed by atoms with Crippen LogP contribution in [0.15, 0.2) is 21.2 Å². The summed E-state index contributed by atoms with van der Waals surface area (Å²) in [7, 11) is 3.17. The second kappa shape index (κ2) is 8.50. The Morgan fingerprint density at radius 3 is 2.71 bits per heavy atom. The summed E-state index contributed by atoms with van der Waals surface area (Å²) in [5, 5.41) is 12.7. The minimum absolute atomic E-state index is 0.0211. The third kappa shape index (κ3) is 4.15. The van der Waals surface area contributed by atoms with Crippen LogP contribution in [-0.4, -0.2) is 43.5 Å². The van der Waals surface area contributed by atoms with Gasteiger partial charge in [-0.2, -0.15) is 0 Å². The molecular weight excluding hydrogens is 382 g/mol. The first-order chi connectivity index (χ1) is 11.6. The summed E-state index contributed by atoms with van der Waals surface area (Å²) in [5.74, 6) is 0.839. The zero-order valence-corrected chi connectivity index (χ0v) is 14.8. The van der Waals surface area contributed by atoms with Crippen molar-refractivity contribution in [1.82, 2.24) is 20.9 Å². The van der Waals surface area contributed by atoms with Crippen LogP contribution in [0.1, 0.15) is 16.1 Å². The topological polar surface area (TPSA) is 125 Å². The van der Waals surface area contributed by atoms with Crippen LogP contribution in [0, 0.1) is 0 Å². The Morgan fingerprint density at radius 2 is 2.08 bits per heavy atom. The van der Waals surface area contributed by atoms with E-state index in [9.17, 15) is 4.79 Å². The van der Waals surface area contributed by atoms with E-state index in [1.54, 1.807) is 14.2 Å². The van der Waals surface area contributed by atoms with Gasteiger partial charge in [0, 0.05) is 29.7 Å². The summed E-state index contributed by atoms with van der Waals surface area (Å²) in [6.45, 7) is 1.45. The summed E-state index contributed by atoms with van der Waals surface area (Å²) in [6.07, 6.45) is 0. The van der Waals surface area contributed by atoms with E-state index in [1.807, 2.05) is 12.1 Å². The van der Waals surface area contributed by atoms with E-state index < -0.39 is 5.91 Å². The van der Waals surface area contributed by atoms with Crippen LogP contribution in [0.3, 0.4) is 0 Å². The van der Waals surface area contributed by atoms with Crippen LogP contribution in [0.2, 0.25) is 0 Å². The van der Waals surface area contributed by atoms with Crippen molar-refractivity contribution in [2.45, 2.75) is 6.54 Å². The molecule has 0 spiro atoms. The molecule has 0 radical (unpaired) electrons. The highest BCUT2D eigenvalue weighted by Gasteiger charge is 2.15. The second-order valence-electron chi connectivity index (χ2n) is 4.69. The number of nitrogen functional groups attached to an aromatic ring is 1. The monoisotopic (exact) mass is 399 g/mol. The quantitative estimate of drug-likeness (QED) is 0.560. The third-order valence-electron chi connectivity index (χ3n) is 3.21. The van der Waals surface area contributed by atoms with Crippen molar-refractivity contribution in [3.63, 3.8) is 0 Å². The summed E-state index contributed by atoms with van der Waals surface area (Å²) < 4.78 is 16.0. The van der Waals surface area contributed by atoms with E-state index in [1.165, 1.54) is 0 Å². The molecule has 0 aliphatic heterocycles. The Balaban J connectivity index is 1.85. The Bertz CT molecular complexity index is 706. The maximum absolute atomic E-state index is 11.8. The molecular formula is C14H18BrN5O4. The number of hydrogen-bond donors (Lipinski definition) is 3. The molecule has 1 amide bonds. The number of anilines is 1. The maximum atomic E-state index is 11.8. The molecule has 1 aromatic heterocycles. The highest BCUT2D eigenvalue weighted by molar-refractivity contribution is 9.10. The molecule has 4 N–H and O–H groups in total. The number of halogens is 1. The standard InChI is InChI=1S/C14H18BrN5O4/c1-22-10-4-3-9(15)8(12(10)23-2)7-17-5-6-18-14(21)11-13(16)20-24-19-11/h3-4,17H,5-7H2,1-2H3,(H2,16,20)(H,18,21). The minimum Gasteiger partial charge on any atom is -0.493 e. The van der Waals surface area contributed by atoms with Crippen LogP contribution in [0.5, 0.6) is 11.5 Å². The molecule has 9 nitrogen and oxygen atoms in total. The van der Waals surface area contributed by atoms with Crippen LogP contribution in [0.4, 0.5) is 5.82 Å². The number of methoxy groups -OCH3 is 2. The fourth-order valence-electron chi connectivity index (χ4n) is 2.05. The van der Waals surface area contributed by atoms with Gasteiger partial charge in [0.05, 0.1) is 14.2 Å². The van der Waals surface area contributed by atoms with Crippen LogP contribution in [0.25, 0.3) is 0 Å². The number of carbonyl (C=O) groups is 1. The number of amides is 1. The largest absolute Gasteiger partial charge is 0.493 e. The van der Waals surface area contributed by atoms with Gasteiger partial charge >= 0.3 is 0 Å². The number of benzene rings is 1. The van der Waals surface area contributed by atoms with Crippen LogP contribution in [-0.2, 0) is 6.54 Å². The summed E-state index contributed by atoms with van der Waals surface area (Å²) in [6, 6.07) is 3.71. The molecule has 0 fully saturated rings. The van der Waals surface area contributed by atoms with Gasteiger partial charge in [-0.25, -0.2) is 4.63 Å². The first-order valence-corrected chi connectivity index (χ1v) is 7.84. The number of nitrogens with zero attached hydrogens (tertiary/aromatic N) is 2. The molecule has 130 valence electrons. The number of nitrogens with one attached hydrogen (secondary N) is 2. The molecule has 0 saturated carbocycles. The zero-order chi connectivity index (χ0) is 17.5. The van der Waals surface area contributed by atoms with Crippen molar-refractivity contribution < 1.29 is 18.9 Å². The third-order valence-corrected chi connectivity index (χ3v) is 3.95. The van der Waals surface area contributed by atoms with Crippen LogP contribution < -0.4 is 25.8 Å². The van der Waals surface area contributed by atoms with Gasteiger partial charge < -0.3 is 25.8 Å². The van der Waals surface area contributed by atoms with E-state index in [2.05, 4.69) is 41.5 Å². The van der Waals surface area contributed by atoms with Gasteiger partial charge in [0.25, 0.3) is 5.91 Å². The van der Waals surface area contributed by atoms with E-state index in [0.29, 0.717) is 31.1 Å². The van der Waals surface area contributed by atoms with E-state index in [4.69, 9.17) is 15.2 Å². The zero-order valence-electron chi connectivity index (χ0n) is 13.3. The number of hydrogen-bond acceptors (Lipinski definition) is 8. The van der Waals surface area contributed by atoms with Gasteiger partial charge in [-0.05, 0) is 22.4 Å². The molecule has 1 aromatic carbocycles. The molecule has 2 rings (SSSR count). The molecule has 10 heteroatoms. The first kappa shape index (κ1) is 18.0. The molecule has 0 aliphatic carbocycles. The predicted molar refractivity (Wildman–Crippen MR) is 90.0 cm³/mol. The highest BCUT2D eigenvalue weighted by atomic mass is 79.9. The molecule has 0 bridgehead atoms. The van der Waals surface area contributed by atoms with E-state index in [-0.39, 0.29) is 11.5 Å². The van der Waals surface area contributed by atoms with Gasteiger partial charge in [-0.15, -0.1) is 0 Å². The molecule has 2 aromatic rings. The fourth-order valence-corrected chi connectivity index (χ4v) is 2.50. The Morgan fingerprint density at radius 1 is 1.29 bits per heavy atom. The predicted octanol–water partition coefficient (Wildman–Crippen LogP) is 0.951. The Labute approximate surface area is 147 Å². The van der Waals surface area contributed by atoms with Crippen molar-refractivity contribution in [2.75, 3.05) is 33.0 Å². The number of ether oxygens (including phenoxy) is 2. The molecule has 0 saturated heterocycles. The SMILES string of the molecule is COc1ccc(Br)c(CNCCNC(=O)c2nonc2N)c1OC. The van der Waals surface area contributed by atoms with Crippen molar-refractivity contribution in [3.05, 3.63) is 27.9 Å². The average molecular weight is 400 g/mol. The first-order valence-electron chi connectivity index (χ1n) is 7.04. The molecule has 1 heterocycles. The van der Waals surface area contributed by atoms with E-state index in [0.717, 1.165) is 10.0 Å². The lowest BCUT2D eigenvalue weighted by Gasteiger charge is -2.15. The molecule has 0 atom stereocenters. The Kier molecular flexibility index (Phi) is 6.38. The van der Waals surface area contributed by atoms with Crippen molar-refractivity contribution in [2.24, 2.45) is 0 Å². The van der Waals surface area contributed by atoms with Gasteiger partial charge in [-0.3, -0.25) is 4.79 Å². The normalized spacial score (nSPS) is 10.5. The van der Waals surface area contributed by atoms with Crippen molar-refractivity contribution in [1.29, 1.82) is 0 Å². The molecule has 24 heavy (non-hydrogen) atoms. The van der Waals surface area contributed by atoms with Crippen LogP contribution >= 0.6 is 15.9 Å². The lowest BCUT2D eigenvalue weighted by atomic mass is 10.2. The number of carbonyl (C=O) groups excluding carboxylic acids is 1. The van der Waals surface area contributed by atoms with Crippen molar-refractivity contribution in [3.8, 4) is 11.5 Å². The lowest BCUT2D eigenvalue weighted by Crippen LogP contribution is -2.32. The fraction of sp³-hybridized carbons (Fsp3) is 0.357. The Hall–Kier alpha value is -2.33. The van der Waals surface area contributed by atoms with Gasteiger partial charge in [-0.1, -0.05) is 15.9 Å². The summed E-state index contributed by atoms with van der Waals surface area (Å²) in [4.78, 5) is 11.8. The van der Waals surface area contributed by atoms with E-state index >= 15 is 0 Å². The number of rotatable bonds is 8. The maximum Gasteiger partial charge on any atom is 0.277 e. The lowest BCUT2D eigenvalue weighted by molar-refractivity contribution is 0.0944. The van der Waals surface area contributed by atoms with Gasteiger partial charge in [0.1, 0.15) is 0 Å². The smallest absolute Gasteiger partial charge is 0.277 e. The molecule has 0 unspecified atom stereocenters.